The monoisotopic (exact) mass is 436 g/mol. The molecule has 0 amide bonds. The van der Waals surface area contributed by atoms with E-state index in [1.54, 1.807) is 6.08 Å². The third-order valence-corrected chi connectivity index (χ3v) is 10.1. The van der Waals surface area contributed by atoms with Gasteiger partial charge in [-0.1, -0.05) is 57.2 Å². The van der Waals surface area contributed by atoms with Gasteiger partial charge in [0, 0.05) is 6.92 Å². The van der Waals surface area contributed by atoms with E-state index in [0.717, 1.165) is 5.56 Å². The lowest BCUT2D eigenvalue weighted by Gasteiger charge is -2.40. The van der Waals surface area contributed by atoms with E-state index in [1.807, 2.05) is 30.3 Å². The average molecular weight is 437 g/mol. The van der Waals surface area contributed by atoms with Gasteiger partial charge >= 0.3 is 5.97 Å². The maximum atomic E-state index is 11.8. The fourth-order valence-electron chi connectivity index (χ4n) is 2.97. The molecule has 2 rings (SSSR count). The predicted molar refractivity (Wildman–Crippen MR) is 119 cm³/mol. The summed E-state index contributed by atoms with van der Waals surface area (Å²) in [5.41, 5.74) is 1.06. The molecule has 1 aromatic rings. The van der Waals surface area contributed by atoms with E-state index in [9.17, 15) is 4.79 Å². The van der Waals surface area contributed by atoms with Crippen molar-refractivity contribution in [1.82, 2.24) is 0 Å². The minimum absolute atomic E-state index is 0.0152. The summed E-state index contributed by atoms with van der Waals surface area (Å²) in [6, 6.07) is 9.89. The fourth-order valence-corrected chi connectivity index (χ4v) is 4.25. The van der Waals surface area contributed by atoms with Crippen LogP contribution in [0.1, 0.15) is 33.3 Å². The number of rotatable bonds is 10. The zero-order chi connectivity index (χ0) is 22.4. The Morgan fingerprint density at radius 1 is 1.20 bits per heavy atom. The van der Waals surface area contributed by atoms with E-state index >= 15 is 0 Å². The zero-order valence-corrected chi connectivity index (χ0v) is 20.1. The maximum absolute atomic E-state index is 11.8. The largest absolute Gasteiger partial charge is 0.457 e. The van der Waals surface area contributed by atoms with E-state index in [2.05, 4.69) is 40.4 Å². The van der Waals surface area contributed by atoms with E-state index < -0.39 is 32.9 Å². The number of carbonyl (C=O) groups is 1. The molecule has 0 unspecified atom stereocenters. The van der Waals surface area contributed by atoms with Crippen molar-refractivity contribution in [3.05, 3.63) is 48.6 Å². The molecule has 1 heterocycles. The van der Waals surface area contributed by atoms with Crippen molar-refractivity contribution in [2.24, 2.45) is 0 Å². The second-order valence-electron chi connectivity index (χ2n) is 9.08. The predicted octanol–water partition coefficient (Wildman–Crippen LogP) is 4.45. The molecule has 0 bridgehead atoms. The number of hydrogen-bond donors (Lipinski definition) is 0. The Labute approximate surface area is 181 Å². The van der Waals surface area contributed by atoms with Gasteiger partial charge in [-0.15, -0.1) is 6.58 Å². The van der Waals surface area contributed by atoms with Crippen LogP contribution >= 0.6 is 0 Å². The number of carbonyl (C=O) groups excluding carboxylic acids is 1. The first kappa shape index (κ1) is 24.8. The molecule has 0 radical (unpaired) electrons. The van der Waals surface area contributed by atoms with Gasteiger partial charge in [0.15, 0.2) is 20.7 Å². The molecule has 1 aromatic carbocycles. The van der Waals surface area contributed by atoms with Gasteiger partial charge < -0.3 is 23.4 Å². The highest BCUT2D eigenvalue weighted by molar-refractivity contribution is 6.74. The summed E-state index contributed by atoms with van der Waals surface area (Å²) in [4.78, 5) is 11.8. The van der Waals surface area contributed by atoms with Crippen molar-refractivity contribution in [1.29, 1.82) is 0 Å². The van der Waals surface area contributed by atoms with E-state index in [0.29, 0.717) is 13.2 Å². The van der Waals surface area contributed by atoms with Crippen molar-refractivity contribution in [2.75, 3.05) is 13.2 Å². The summed E-state index contributed by atoms with van der Waals surface area (Å²) in [5.74, 6) is -0.384. The standard InChI is InChI=1S/C23H36O6Si/c1-8-14-26-22-21(29-30(6,7)23(3,4)5)20(27-17(2)24)19(28-22)16-25-15-18-12-10-9-11-13-18/h8-13,19-22H,1,14-16H2,2-7H3/t19-,20-,21-,22-/m1/s1. The van der Waals surface area contributed by atoms with Crippen molar-refractivity contribution < 1.29 is 28.2 Å². The van der Waals surface area contributed by atoms with Crippen LogP contribution in [0.15, 0.2) is 43.0 Å². The van der Waals surface area contributed by atoms with Gasteiger partial charge in [-0.05, 0) is 23.7 Å². The second-order valence-corrected chi connectivity index (χ2v) is 13.8. The number of ether oxygens (including phenoxy) is 4. The summed E-state index contributed by atoms with van der Waals surface area (Å²) in [7, 11) is -2.18. The Kier molecular flexibility index (Phi) is 8.81. The molecule has 168 valence electrons. The van der Waals surface area contributed by atoms with E-state index in [4.69, 9.17) is 23.4 Å². The second kappa shape index (κ2) is 10.7. The van der Waals surface area contributed by atoms with Crippen LogP contribution in [0, 0.1) is 0 Å². The third kappa shape index (κ3) is 6.75. The van der Waals surface area contributed by atoms with E-state index in [-0.39, 0.29) is 17.6 Å². The zero-order valence-electron chi connectivity index (χ0n) is 19.1. The van der Waals surface area contributed by atoms with Crippen LogP contribution in [0.2, 0.25) is 18.1 Å². The van der Waals surface area contributed by atoms with Gasteiger partial charge in [-0.25, -0.2) is 0 Å². The van der Waals surface area contributed by atoms with Crippen LogP contribution in [0.5, 0.6) is 0 Å². The van der Waals surface area contributed by atoms with Crippen LogP contribution in [0.3, 0.4) is 0 Å². The van der Waals surface area contributed by atoms with Crippen molar-refractivity contribution in [3.8, 4) is 0 Å². The van der Waals surface area contributed by atoms with Gasteiger partial charge in [-0.3, -0.25) is 4.79 Å². The smallest absolute Gasteiger partial charge is 0.303 e. The minimum Gasteiger partial charge on any atom is -0.457 e. The molecule has 1 aliphatic heterocycles. The molecular formula is C23H36O6Si. The molecular weight excluding hydrogens is 400 g/mol. The lowest BCUT2D eigenvalue weighted by molar-refractivity contribution is -0.163. The highest BCUT2D eigenvalue weighted by Gasteiger charge is 2.52. The highest BCUT2D eigenvalue weighted by atomic mass is 28.4. The van der Waals surface area contributed by atoms with Crippen LogP contribution < -0.4 is 0 Å². The minimum atomic E-state index is -2.18. The molecule has 0 aromatic heterocycles. The molecule has 6 nitrogen and oxygen atoms in total. The lowest BCUT2D eigenvalue weighted by atomic mass is 10.1. The van der Waals surface area contributed by atoms with Gasteiger partial charge in [0.25, 0.3) is 0 Å². The van der Waals surface area contributed by atoms with Gasteiger partial charge in [-0.2, -0.15) is 0 Å². The van der Waals surface area contributed by atoms with Gasteiger partial charge in [0.2, 0.25) is 0 Å². The summed E-state index contributed by atoms with van der Waals surface area (Å²) < 4.78 is 30.1. The number of esters is 1. The Morgan fingerprint density at radius 2 is 1.87 bits per heavy atom. The Hall–Kier alpha value is -1.51. The molecule has 0 saturated carbocycles. The first-order valence-corrected chi connectivity index (χ1v) is 13.3. The molecule has 0 N–H and O–H groups in total. The van der Waals surface area contributed by atoms with Crippen LogP contribution in [0.25, 0.3) is 0 Å². The quantitative estimate of drug-likeness (QED) is 0.307. The summed E-state index contributed by atoms with van der Waals surface area (Å²) in [6.45, 7) is 16.9. The number of hydrogen-bond acceptors (Lipinski definition) is 6. The highest BCUT2D eigenvalue weighted by Crippen LogP contribution is 2.40. The summed E-state index contributed by atoms with van der Waals surface area (Å²) in [6.07, 6.45) is -0.622. The topological polar surface area (TPSA) is 63.2 Å². The molecule has 1 saturated heterocycles. The maximum Gasteiger partial charge on any atom is 0.303 e. The van der Waals surface area contributed by atoms with Crippen molar-refractivity contribution in [3.63, 3.8) is 0 Å². The first-order chi connectivity index (χ1) is 14.0. The van der Waals surface area contributed by atoms with Crippen LogP contribution in [0.4, 0.5) is 0 Å². The normalized spacial score (nSPS) is 24.6. The van der Waals surface area contributed by atoms with Gasteiger partial charge in [0.1, 0.15) is 12.2 Å². The molecule has 1 aliphatic rings. The molecule has 4 atom stereocenters. The van der Waals surface area contributed by atoms with Crippen LogP contribution in [-0.2, 0) is 34.8 Å². The number of benzene rings is 1. The van der Waals surface area contributed by atoms with Crippen LogP contribution in [-0.4, -0.2) is 52.1 Å². The lowest BCUT2D eigenvalue weighted by Crippen LogP contribution is -2.51. The molecule has 0 aliphatic carbocycles. The average Bonchev–Trinajstić information content (AvgIpc) is 2.95. The van der Waals surface area contributed by atoms with Crippen molar-refractivity contribution in [2.45, 2.75) is 77.0 Å². The third-order valence-electron chi connectivity index (χ3n) is 5.58. The molecule has 7 heteroatoms. The SMILES string of the molecule is C=CCO[C@@H]1O[C@H](COCc2ccccc2)[C@@H](OC(C)=O)[C@H]1O[Si](C)(C)C(C)(C)C. The summed E-state index contributed by atoms with van der Waals surface area (Å²) >= 11 is 0. The Morgan fingerprint density at radius 3 is 2.43 bits per heavy atom. The Bertz CT molecular complexity index is 685. The van der Waals surface area contributed by atoms with E-state index in [1.165, 1.54) is 6.92 Å². The fraction of sp³-hybridized carbons (Fsp3) is 0.609. The summed E-state index contributed by atoms with van der Waals surface area (Å²) in [5, 5.41) is -0.0152. The first-order valence-electron chi connectivity index (χ1n) is 10.4. The van der Waals surface area contributed by atoms with Gasteiger partial charge in [0.05, 0.1) is 19.8 Å². The molecule has 30 heavy (non-hydrogen) atoms. The molecule has 1 fully saturated rings. The van der Waals surface area contributed by atoms with Crippen molar-refractivity contribution >= 4 is 14.3 Å². The Balaban J connectivity index is 2.16. The molecule has 0 spiro atoms.